The molecule has 0 radical (unpaired) electrons. The van der Waals surface area contributed by atoms with Crippen LogP contribution in [0.25, 0.3) is 27.5 Å². The van der Waals surface area contributed by atoms with E-state index in [1.807, 2.05) is 24.5 Å². The van der Waals surface area contributed by atoms with Crippen molar-refractivity contribution in [3.05, 3.63) is 58.9 Å². The van der Waals surface area contributed by atoms with E-state index in [0.717, 1.165) is 16.9 Å². The Morgan fingerprint density at radius 1 is 1.28 bits per heavy atom. The van der Waals surface area contributed by atoms with Gasteiger partial charge in [0.2, 0.25) is 0 Å². The summed E-state index contributed by atoms with van der Waals surface area (Å²) in [6.07, 6.45) is 2.48. The summed E-state index contributed by atoms with van der Waals surface area (Å²) in [5, 5.41) is 17.5. The summed E-state index contributed by atoms with van der Waals surface area (Å²) < 4.78 is 31.9. The molecule has 4 aromatic rings. The van der Waals surface area contributed by atoms with Crippen LogP contribution in [-0.2, 0) is 4.79 Å². The molecular weight excluding hydrogens is 412 g/mol. The molecule has 166 valence electrons. The minimum absolute atomic E-state index is 0.0373. The van der Waals surface area contributed by atoms with Gasteiger partial charge < -0.3 is 9.67 Å². The van der Waals surface area contributed by atoms with Crippen LogP contribution in [0.1, 0.15) is 62.3 Å². The third-order valence-corrected chi connectivity index (χ3v) is 6.95. The first-order valence-electron chi connectivity index (χ1n) is 10.8. The maximum Gasteiger partial charge on any atom is 0.309 e. The molecule has 0 unspecified atom stereocenters. The van der Waals surface area contributed by atoms with Crippen molar-refractivity contribution in [3.8, 4) is 5.69 Å². The van der Waals surface area contributed by atoms with Crippen LogP contribution in [0.4, 0.5) is 8.78 Å². The first-order valence-corrected chi connectivity index (χ1v) is 10.8. The SMILES string of the molecule is Cc1cc(-n2c(C(C)C)c(C3CC(C)(C(=O)O)C3)c3c(F)c4[nH]ncc4cc32)ccc1F. The second kappa shape index (κ2) is 6.89. The lowest BCUT2D eigenvalue weighted by molar-refractivity contribution is -0.154. The number of carboxylic acids is 1. The number of halogens is 2. The van der Waals surface area contributed by atoms with Crippen molar-refractivity contribution >= 4 is 27.8 Å². The van der Waals surface area contributed by atoms with Gasteiger partial charge in [-0.25, -0.2) is 8.78 Å². The minimum atomic E-state index is -0.825. The molecule has 1 aliphatic rings. The Hall–Kier alpha value is -3.22. The molecule has 2 N–H and O–H groups in total. The maximum absolute atomic E-state index is 15.9. The predicted octanol–water partition coefficient (Wildman–Crippen LogP) is 6.19. The topological polar surface area (TPSA) is 70.9 Å². The highest BCUT2D eigenvalue weighted by Crippen LogP contribution is 2.55. The van der Waals surface area contributed by atoms with Crippen LogP contribution in [0.2, 0.25) is 0 Å². The number of H-pyrrole nitrogens is 1. The summed E-state index contributed by atoms with van der Waals surface area (Å²) in [5.41, 5.74) is 3.26. The van der Waals surface area contributed by atoms with E-state index >= 15 is 4.39 Å². The van der Waals surface area contributed by atoms with E-state index in [1.54, 1.807) is 32.2 Å². The summed E-state index contributed by atoms with van der Waals surface area (Å²) in [5.74, 6) is -1.54. The van der Waals surface area contributed by atoms with Crippen molar-refractivity contribution in [2.24, 2.45) is 5.41 Å². The van der Waals surface area contributed by atoms with Gasteiger partial charge in [0.25, 0.3) is 0 Å². The summed E-state index contributed by atoms with van der Waals surface area (Å²) in [6.45, 7) is 7.54. The van der Waals surface area contributed by atoms with E-state index in [0.29, 0.717) is 40.2 Å². The predicted molar refractivity (Wildman–Crippen MR) is 119 cm³/mol. The van der Waals surface area contributed by atoms with Crippen molar-refractivity contribution in [1.29, 1.82) is 0 Å². The van der Waals surface area contributed by atoms with E-state index in [1.165, 1.54) is 6.07 Å². The Morgan fingerprint density at radius 2 is 2.00 bits per heavy atom. The van der Waals surface area contributed by atoms with Crippen molar-refractivity contribution in [1.82, 2.24) is 14.8 Å². The Bertz CT molecular complexity index is 1390. The number of aryl methyl sites for hydroxylation is 1. The van der Waals surface area contributed by atoms with Crippen LogP contribution in [0.5, 0.6) is 0 Å². The number of nitrogens with zero attached hydrogens (tertiary/aromatic N) is 2. The molecule has 32 heavy (non-hydrogen) atoms. The zero-order valence-electron chi connectivity index (χ0n) is 18.5. The second-order valence-electron chi connectivity index (χ2n) is 9.61. The Labute approximate surface area is 184 Å². The monoisotopic (exact) mass is 437 g/mol. The van der Waals surface area contributed by atoms with Crippen LogP contribution in [0.15, 0.2) is 30.5 Å². The molecule has 2 aromatic heterocycles. The highest BCUT2D eigenvalue weighted by Gasteiger charge is 2.49. The van der Waals surface area contributed by atoms with Gasteiger partial charge in [-0.05, 0) is 73.9 Å². The molecule has 1 fully saturated rings. The lowest BCUT2D eigenvalue weighted by Crippen LogP contribution is -2.40. The number of fused-ring (bicyclic) bond motifs is 2. The molecule has 0 saturated heterocycles. The lowest BCUT2D eigenvalue weighted by atomic mass is 9.60. The highest BCUT2D eigenvalue weighted by atomic mass is 19.1. The zero-order valence-corrected chi connectivity index (χ0v) is 18.5. The molecule has 0 atom stereocenters. The average molecular weight is 437 g/mol. The fourth-order valence-corrected chi connectivity index (χ4v) is 5.28. The summed E-state index contributed by atoms with van der Waals surface area (Å²) >= 11 is 0. The quantitative estimate of drug-likeness (QED) is 0.400. The standard InChI is InChI=1S/C25H25F2N3O2/c1-12(2)23-19(15-9-25(4,10-15)24(31)32)20-18(8-14-11-28-29-22(14)21(20)27)30(23)16-5-6-17(26)13(3)7-16/h5-8,11-12,15H,9-10H2,1-4H3,(H,28,29)(H,31,32). The molecule has 1 saturated carbocycles. The zero-order chi connectivity index (χ0) is 22.9. The number of hydrogen-bond acceptors (Lipinski definition) is 2. The first kappa shape index (κ1) is 20.7. The Kier molecular flexibility index (Phi) is 4.45. The maximum atomic E-state index is 15.9. The molecule has 0 bridgehead atoms. The second-order valence-corrected chi connectivity index (χ2v) is 9.61. The van der Waals surface area contributed by atoms with Gasteiger partial charge in [0.15, 0.2) is 5.82 Å². The Balaban J connectivity index is 1.86. The third kappa shape index (κ3) is 2.80. The van der Waals surface area contributed by atoms with Crippen LogP contribution in [0, 0.1) is 24.0 Å². The van der Waals surface area contributed by atoms with Gasteiger partial charge in [-0.3, -0.25) is 9.89 Å². The third-order valence-electron chi connectivity index (χ3n) is 6.95. The van der Waals surface area contributed by atoms with Gasteiger partial charge >= 0.3 is 5.97 Å². The molecule has 2 heterocycles. The van der Waals surface area contributed by atoms with Crippen LogP contribution in [0.3, 0.4) is 0 Å². The van der Waals surface area contributed by atoms with E-state index in [4.69, 9.17) is 0 Å². The summed E-state index contributed by atoms with van der Waals surface area (Å²) in [7, 11) is 0. The van der Waals surface area contributed by atoms with Gasteiger partial charge in [0.05, 0.1) is 17.1 Å². The number of rotatable bonds is 4. The smallest absolute Gasteiger partial charge is 0.309 e. The fourth-order valence-electron chi connectivity index (χ4n) is 5.28. The van der Waals surface area contributed by atoms with Crippen LogP contribution < -0.4 is 0 Å². The van der Waals surface area contributed by atoms with Gasteiger partial charge in [-0.15, -0.1) is 0 Å². The van der Waals surface area contributed by atoms with Crippen LogP contribution >= 0.6 is 0 Å². The fraction of sp³-hybridized carbons (Fsp3) is 0.360. The molecule has 0 amide bonds. The van der Waals surface area contributed by atoms with E-state index in [-0.39, 0.29) is 23.5 Å². The van der Waals surface area contributed by atoms with Crippen molar-refractivity contribution in [3.63, 3.8) is 0 Å². The molecule has 7 heteroatoms. The molecule has 0 aliphatic heterocycles. The van der Waals surface area contributed by atoms with Gasteiger partial charge in [0.1, 0.15) is 11.3 Å². The van der Waals surface area contributed by atoms with Crippen molar-refractivity contribution < 1.29 is 18.7 Å². The summed E-state index contributed by atoms with van der Waals surface area (Å²) in [6, 6.07) is 6.80. The Morgan fingerprint density at radius 3 is 2.62 bits per heavy atom. The van der Waals surface area contributed by atoms with E-state index < -0.39 is 11.4 Å². The molecular formula is C25H25F2N3O2. The first-order chi connectivity index (χ1) is 15.1. The highest BCUT2D eigenvalue weighted by molar-refractivity contribution is 6.00. The molecule has 5 rings (SSSR count). The normalized spacial score (nSPS) is 20.9. The van der Waals surface area contributed by atoms with Gasteiger partial charge in [0, 0.05) is 22.2 Å². The number of nitrogens with one attached hydrogen (secondary N) is 1. The number of carboxylic acid groups (broad SMARTS) is 1. The van der Waals surface area contributed by atoms with Crippen molar-refractivity contribution in [2.45, 2.75) is 52.4 Å². The molecule has 0 spiro atoms. The van der Waals surface area contributed by atoms with Crippen LogP contribution in [-0.4, -0.2) is 25.8 Å². The van der Waals surface area contributed by atoms with Crippen molar-refractivity contribution in [2.75, 3.05) is 0 Å². The molecule has 2 aromatic carbocycles. The number of aromatic amines is 1. The molecule has 5 nitrogen and oxygen atoms in total. The van der Waals surface area contributed by atoms with Gasteiger partial charge in [-0.2, -0.15) is 5.10 Å². The number of hydrogen-bond donors (Lipinski definition) is 2. The number of benzene rings is 2. The average Bonchev–Trinajstić information content (AvgIpc) is 3.30. The number of aromatic nitrogens is 3. The largest absolute Gasteiger partial charge is 0.481 e. The van der Waals surface area contributed by atoms with Gasteiger partial charge in [-0.1, -0.05) is 13.8 Å². The molecule has 1 aliphatic carbocycles. The summed E-state index contributed by atoms with van der Waals surface area (Å²) in [4.78, 5) is 11.7. The minimum Gasteiger partial charge on any atom is -0.481 e. The number of aliphatic carboxylic acids is 1. The lowest BCUT2D eigenvalue weighted by Gasteiger charge is -2.42. The van der Waals surface area contributed by atoms with E-state index in [9.17, 15) is 14.3 Å². The number of carbonyl (C=O) groups is 1. The van der Waals surface area contributed by atoms with E-state index in [2.05, 4.69) is 10.2 Å².